The number of carbonyl (C=O) groups is 1. The van der Waals surface area contributed by atoms with Crippen LogP contribution in [0.5, 0.6) is 0 Å². The van der Waals surface area contributed by atoms with Crippen molar-refractivity contribution in [3.8, 4) is 0 Å². The Kier molecular flexibility index (Phi) is 5.35. The van der Waals surface area contributed by atoms with Crippen LogP contribution in [-0.4, -0.2) is 11.1 Å². The van der Waals surface area contributed by atoms with Crippen LogP contribution in [0.4, 0.5) is 0 Å². The second kappa shape index (κ2) is 6.16. The van der Waals surface area contributed by atoms with Crippen molar-refractivity contribution in [3.05, 3.63) is 49.1 Å². The molecule has 1 aromatic carbocycles. The molecule has 0 unspecified atom stereocenters. The number of rotatable bonds is 2. The summed E-state index contributed by atoms with van der Waals surface area (Å²) >= 11 is 0. The zero-order valence-corrected chi connectivity index (χ0v) is 6.86. The minimum atomic E-state index is -0.786. The largest absolute Gasteiger partial charge is 0.481 e. The number of carboxylic acid groups (broad SMARTS) is 1. The summed E-state index contributed by atoms with van der Waals surface area (Å²) in [6, 6.07) is 9.13. The van der Waals surface area contributed by atoms with Gasteiger partial charge in [0.25, 0.3) is 0 Å². The van der Waals surface area contributed by atoms with Crippen LogP contribution in [0.1, 0.15) is 5.56 Å². The summed E-state index contributed by atoms with van der Waals surface area (Å²) in [5, 5.41) is 8.37. The van der Waals surface area contributed by atoms with Gasteiger partial charge in [-0.25, -0.2) is 0 Å². The number of aliphatic carboxylic acids is 1. The van der Waals surface area contributed by atoms with Crippen molar-refractivity contribution >= 4 is 5.97 Å². The summed E-state index contributed by atoms with van der Waals surface area (Å²) in [6.07, 6.45) is 0.112. The minimum Gasteiger partial charge on any atom is -0.481 e. The molecule has 2 heteroatoms. The summed E-state index contributed by atoms with van der Waals surface area (Å²) < 4.78 is 0. The van der Waals surface area contributed by atoms with Crippen molar-refractivity contribution in [2.75, 3.05) is 0 Å². The van der Waals surface area contributed by atoms with Gasteiger partial charge in [0.05, 0.1) is 6.42 Å². The van der Waals surface area contributed by atoms with E-state index >= 15 is 0 Å². The summed E-state index contributed by atoms with van der Waals surface area (Å²) in [5.74, 6) is -0.786. The highest BCUT2D eigenvalue weighted by Gasteiger charge is 1.96. The first-order valence-corrected chi connectivity index (χ1v) is 3.55. The molecule has 0 heterocycles. The SMILES string of the molecule is C=C.O=C(O)Cc1ccccc1. The molecule has 1 aromatic rings. The number of hydrogen-bond acceptors (Lipinski definition) is 1. The van der Waals surface area contributed by atoms with Gasteiger partial charge in [-0.3, -0.25) is 4.79 Å². The van der Waals surface area contributed by atoms with Crippen molar-refractivity contribution in [1.82, 2.24) is 0 Å². The highest BCUT2D eigenvalue weighted by Crippen LogP contribution is 1.98. The lowest BCUT2D eigenvalue weighted by Crippen LogP contribution is -1.98. The molecule has 2 nitrogen and oxygen atoms in total. The van der Waals surface area contributed by atoms with E-state index in [1.807, 2.05) is 18.2 Å². The summed E-state index contributed by atoms with van der Waals surface area (Å²) in [6.45, 7) is 6.00. The standard InChI is InChI=1S/C8H8O2.C2H4/c9-8(10)6-7-4-2-1-3-5-7;1-2/h1-5H,6H2,(H,9,10);1-2H2. The molecule has 0 radical (unpaired) electrons. The third-order valence-electron chi connectivity index (χ3n) is 1.20. The fourth-order valence-electron chi connectivity index (χ4n) is 0.770. The first-order chi connectivity index (χ1) is 5.79. The molecule has 0 fully saturated rings. The van der Waals surface area contributed by atoms with Gasteiger partial charge < -0.3 is 5.11 Å². The molecule has 0 atom stereocenters. The van der Waals surface area contributed by atoms with Crippen molar-refractivity contribution < 1.29 is 9.90 Å². The fraction of sp³-hybridized carbons (Fsp3) is 0.100. The van der Waals surface area contributed by atoms with Gasteiger partial charge in [-0.1, -0.05) is 30.3 Å². The van der Waals surface area contributed by atoms with Crippen molar-refractivity contribution in [3.63, 3.8) is 0 Å². The van der Waals surface area contributed by atoms with Crippen LogP contribution in [0, 0.1) is 0 Å². The first kappa shape index (κ1) is 10.4. The van der Waals surface area contributed by atoms with Gasteiger partial charge in [0, 0.05) is 0 Å². The van der Waals surface area contributed by atoms with Crippen LogP contribution in [0.2, 0.25) is 0 Å². The van der Waals surface area contributed by atoms with E-state index in [-0.39, 0.29) is 6.42 Å². The van der Waals surface area contributed by atoms with Gasteiger partial charge in [0.15, 0.2) is 0 Å². The molecule has 0 aliphatic rings. The molecule has 64 valence electrons. The van der Waals surface area contributed by atoms with Gasteiger partial charge >= 0.3 is 5.97 Å². The van der Waals surface area contributed by atoms with Crippen LogP contribution in [0.25, 0.3) is 0 Å². The highest BCUT2D eigenvalue weighted by molar-refractivity contribution is 5.70. The van der Waals surface area contributed by atoms with E-state index in [9.17, 15) is 4.79 Å². The lowest BCUT2D eigenvalue weighted by Gasteiger charge is -1.92. The van der Waals surface area contributed by atoms with E-state index in [1.54, 1.807) is 12.1 Å². The van der Waals surface area contributed by atoms with Crippen LogP contribution in [0.3, 0.4) is 0 Å². The molecule has 0 aliphatic carbocycles. The van der Waals surface area contributed by atoms with E-state index in [4.69, 9.17) is 5.11 Å². The number of benzene rings is 1. The molecular weight excluding hydrogens is 152 g/mol. The average molecular weight is 164 g/mol. The van der Waals surface area contributed by atoms with E-state index in [2.05, 4.69) is 13.2 Å². The second-order valence-electron chi connectivity index (χ2n) is 2.06. The van der Waals surface area contributed by atoms with Crippen LogP contribution < -0.4 is 0 Å². The quantitative estimate of drug-likeness (QED) is 0.680. The molecule has 0 bridgehead atoms. The Hall–Kier alpha value is -1.57. The molecule has 0 saturated heterocycles. The monoisotopic (exact) mass is 164 g/mol. The third-order valence-corrected chi connectivity index (χ3v) is 1.20. The predicted octanol–water partition coefficient (Wildman–Crippen LogP) is 2.12. The lowest BCUT2D eigenvalue weighted by atomic mass is 10.2. The molecule has 0 aliphatic heterocycles. The Morgan fingerprint density at radius 1 is 1.25 bits per heavy atom. The van der Waals surface area contributed by atoms with E-state index < -0.39 is 5.97 Å². The molecule has 0 amide bonds. The van der Waals surface area contributed by atoms with Gasteiger partial charge in [-0.2, -0.15) is 0 Å². The minimum absolute atomic E-state index is 0.112. The highest BCUT2D eigenvalue weighted by atomic mass is 16.4. The topological polar surface area (TPSA) is 37.3 Å². The summed E-state index contributed by atoms with van der Waals surface area (Å²) in [7, 11) is 0. The van der Waals surface area contributed by atoms with Crippen molar-refractivity contribution in [2.45, 2.75) is 6.42 Å². The van der Waals surface area contributed by atoms with Crippen LogP contribution in [0.15, 0.2) is 43.5 Å². The van der Waals surface area contributed by atoms with Gasteiger partial charge in [-0.05, 0) is 5.56 Å². The Morgan fingerprint density at radius 2 is 1.75 bits per heavy atom. The maximum Gasteiger partial charge on any atom is 0.307 e. The van der Waals surface area contributed by atoms with E-state index in [0.717, 1.165) is 5.56 Å². The summed E-state index contributed by atoms with van der Waals surface area (Å²) in [5.41, 5.74) is 0.843. The number of carboxylic acids is 1. The lowest BCUT2D eigenvalue weighted by molar-refractivity contribution is -0.136. The molecule has 0 aromatic heterocycles. The molecule has 1 N–H and O–H groups in total. The van der Waals surface area contributed by atoms with Gasteiger partial charge in [0.2, 0.25) is 0 Å². The Labute approximate surface area is 72.2 Å². The molecule has 0 saturated carbocycles. The van der Waals surface area contributed by atoms with Gasteiger partial charge in [0.1, 0.15) is 0 Å². The zero-order chi connectivity index (χ0) is 9.40. The Bertz CT molecular complexity index is 229. The smallest absolute Gasteiger partial charge is 0.307 e. The molecule has 0 spiro atoms. The Morgan fingerprint density at radius 3 is 2.17 bits per heavy atom. The van der Waals surface area contributed by atoms with Gasteiger partial charge in [-0.15, -0.1) is 13.2 Å². The van der Waals surface area contributed by atoms with Crippen molar-refractivity contribution in [1.29, 1.82) is 0 Å². The maximum absolute atomic E-state index is 10.2. The molecular formula is C10H12O2. The number of hydrogen-bond donors (Lipinski definition) is 1. The first-order valence-electron chi connectivity index (χ1n) is 3.55. The summed E-state index contributed by atoms with van der Waals surface area (Å²) in [4.78, 5) is 10.2. The second-order valence-corrected chi connectivity index (χ2v) is 2.06. The predicted molar refractivity (Wildman–Crippen MR) is 49.0 cm³/mol. The normalized spacial score (nSPS) is 8.00. The third kappa shape index (κ3) is 4.28. The maximum atomic E-state index is 10.2. The zero-order valence-electron chi connectivity index (χ0n) is 6.86. The Balaban J connectivity index is 0.000000561. The fourth-order valence-corrected chi connectivity index (χ4v) is 0.770. The van der Waals surface area contributed by atoms with E-state index in [0.29, 0.717) is 0 Å². The molecule has 1 rings (SSSR count). The van der Waals surface area contributed by atoms with E-state index in [1.165, 1.54) is 0 Å². The molecule has 12 heavy (non-hydrogen) atoms. The average Bonchev–Trinajstić information content (AvgIpc) is 2.08. The van der Waals surface area contributed by atoms with Crippen molar-refractivity contribution in [2.24, 2.45) is 0 Å². The van der Waals surface area contributed by atoms with Crippen LogP contribution in [-0.2, 0) is 11.2 Å². The van der Waals surface area contributed by atoms with Crippen LogP contribution >= 0.6 is 0 Å².